The van der Waals surface area contributed by atoms with Crippen molar-refractivity contribution in [1.29, 1.82) is 0 Å². The summed E-state index contributed by atoms with van der Waals surface area (Å²) in [6.07, 6.45) is 1.78. The Morgan fingerprint density at radius 2 is 2.05 bits per heavy atom. The zero-order valence-corrected chi connectivity index (χ0v) is 14.0. The van der Waals surface area contributed by atoms with E-state index in [9.17, 15) is 0 Å². The first-order valence-electron chi connectivity index (χ1n) is 6.50. The maximum atomic E-state index is 5.45. The predicted octanol–water partition coefficient (Wildman–Crippen LogP) is 4.47. The van der Waals surface area contributed by atoms with Gasteiger partial charge in [-0.2, -0.15) is 0 Å². The Bertz CT molecular complexity index is 838. The monoisotopic (exact) mass is 363 g/mol. The number of pyridine rings is 1. The van der Waals surface area contributed by atoms with Crippen LogP contribution in [0.4, 0.5) is 0 Å². The minimum absolute atomic E-state index is 0.0887. The minimum atomic E-state index is 0.0887. The van der Waals surface area contributed by atoms with E-state index in [0.29, 0.717) is 4.77 Å². The van der Waals surface area contributed by atoms with E-state index in [1.807, 2.05) is 34.9 Å². The van der Waals surface area contributed by atoms with Gasteiger partial charge in [0, 0.05) is 10.7 Å². The second-order valence-electron chi connectivity index (χ2n) is 4.77. The van der Waals surface area contributed by atoms with E-state index in [0.717, 1.165) is 26.9 Å². The SMILES string of the molecule is COc1ccc(C(C)n2c(=S)[nH]c3cc(Br)cnc32)cc1. The van der Waals surface area contributed by atoms with Crippen molar-refractivity contribution in [2.45, 2.75) is 13.0 Å². The molecule has 0 bridgehead atoms. The highest BCUT2D eigenvalue weighted by Crippen LogP contribution is 2.26. The number of aromatic amines is 1. The van der Waals surface area contributed by atoms with Crippen molar-refractivity contribution in [3.05, 3.63) is 51.3 Å². The summed E-state index contributed by atoms with van der Waals surface area (Å²) in [6.45, 7) is 2.11. The summed E-state index contributed by atoms with van der Waals surface area (Å²) in [7, 11) is 1.66. The Hall–Kier alpha value is -1.66. The summed E-state index contributed by atoms with van der Waals surface area (Å²) in [5, 5.41) is 0. The molecule has 0 aliphatic rings. The molecule has 0 saturated carbocycles. The number of ether oxygens (including phenoxy) is 1. The number of halogens is 1. The number of hydrogen-bond donors (Lipinski definition) is 1. The van der Waals surface area contributed by atoms with Gasteiger partial charge < -0.3 is 9.72 Å². The third-order valence-corrected chi connectivity index (χ3v) is 4.24. The van der Waals surface area contributed by atoms with E-state index in [-0.39, 0.29) is 6.04 Å². The number of benzene rings is 1. The van der Waals surface area contributed by atoms with Crippen LogP contribution in [0.1, 0.15) is 18.5 Å². The molecular weight excluding hydrogens is 350 g/mol. The molecule has 2 aromatic heterocycles. The van der Waals surface area contributed by atoms with Crippen LogP contribution < -0.4 is 4.74 Å². The van der Waals surface area contributed by atoms with Crippen molar-refractivity contribution >= 4 is 39.3 Å². The van der Waals surface area contributed by atoms with Gasteiger partial charge in [-0.15, -0.1) is 0 Å². The maximum Gasteiger partial charge on any atom is 0.179 e. The Kier molecular flexibility index (Phi) is 3.82. The first kappa shape index (κ1) is 14.3. The number of fused-ring (bicyclic) bond motifs is 1. The van der Waals surface area contributed by atoms with Gasteiger partial charge in [0.2, 0.25) is 0 Å². The average molecular weight is 364 g/mol. The van der Waals surface area contributed by atoms with Crippen molar-refractivity contribution in [3.8, 4) is 5.75 Å². The van der Waals surface area contributed by atoms with Gasteiger partial charge >= 0.3 is 0 Å². The van der Waals surface area contributed by atoms with Crippen LogP contribution in [0.15, 0.2) is 41.0 Å². The lowest BCUT2D eigenvalue weighted by Crippen LogP contribution is -2.07. The molecule has 4 nitrogen and oxygen atoms in total. The van der Waals surface area contributed by atoms with Gasteiger partial charge in [0.15, 0.2) is 10.4 Å². The lowest BCUT2D eigenvalue weighted by atomic mass is 10.1. The van der Waals surface area contributed by atoms with Gasteiger partial charge in [-0.1, -0.05) is 12.1 Å². The van der Waals surface area contributed by atoms with Crippen LogP contribution in [0.5, 0.6) is 5.75 Å². The number of methoxy groups -OCH3 is 1. The highest BCUT2D eigenvalue weighted by atomic mass is 79.9. The summed E-state index contributed by atoms with van der Waals surface area (Å²) in [4.78, 5) is 7.68. The Morgan fingerprint density at radius 1 is 1.33 bits per heavy atom. The molecule has 21 heavy (non-hydrogen) atoms. The summed E-state index contributed by atoms with van der Waals surface area (Å²) >= 11 is 8.87. The van der Waals surface area contributed by atoms with Crippen molar-refractivity contribution in [2.75, 3.05) is 7.11 Å². The molecule has 1 unspecified atom stereocenters. The van der Waals surface area contributed by atoms with Crippen molar-refractivity contribution in [2.24, 2.45) is 0 Å². The molecule has 0 spiro atoms. The van der Waals surface area contributed by atoms with Crippen LogP contribution >= 0.6 is 28.1 Å². The fraction of sp³-hybridized carbons (Fsp3) is 0.200. The van der Waals surface area contributed by atoms with E-state index < -0.39 is 0 Å². The second-order valence-corrected chi connectivity index (χ2v) is 6.08. The van der Waals surface area contributed by atoms with E-state index in [2.05, 4.69) is 32.8 Å². The summed E-state index contributed by atoms with van der Waals surface area (Å²) in [6, 6.07) is 10.1. The number of rotatable bonds is 3. The molecule has 0 aliphatic heterocycles. The molecule has 0 saturated heterocycles. The molecule has 3 aromatic rings. The fourth-order valence-corrected chi connectivity index (χ4v) is 3.06. The van der Waals surface area contributed by atoms with Crippen molar-refractivity contribution in [3.63, 3.8) is 0 Å². The van der Waals surface area contributed by atoms with Gasteiger partial charge in [0.25, 0.3) is 0 Å². The number of imidazole rings is 1. The maximum absolute atomic E-state index is 5.45. The van der Waals surface area contributed by atoms with Gasteiger partial charge in [-0.25, -0.2) is 4.98 Å². The number of hydrogen-bond acceptors (Lipinski definition) is 3. The normalized spacial score (nSPS) is 12.5. The molecule has 6 heteroatoms. The number of H-pyrrole nitrogens is 1. The highest BCUT2D eigenvalue weighted by molar-refractivity contribution is 9.10. The van der Waals surface area contributed by atoms with Gasteiger partial charge in [-0.05, 0) is 58.8 Å². The molecule has 3 rings (SSSR count). The molecule has 0 radical (unpaired) electrons. The molecule has 1 N–H and O–H groups in total. The average Bonchev–Trinajstić information content (AvgIpc) is 2.81. The summed E-state index contributed by atoms with van der Waals surface area (Å²) in [5.41, 5.74) is 2.93. The van der Waals surface area contributed by atoms with E-state index in [4.69, 9.17) is 17.0 Å². The summed E-state index contributed by atoms with van der Waals surface area (Å²) in [5.74, 6) is 0.843. The van der Waals surface area contributed by atoms with E-state index in [1.165, 1.54) is 0 Å². The molecule has 1 atom stereocenters. The smallest absolute Gasteiger partial charge is 0.179 e. The lowest BCUT2D eigenvalue weighted by molar-refractivity contribution is 0.414. The van der Waals surface area contributed by atoms with Crippen LogP contribution in [-0.2, 0) is 0 Å². The zero-order valence-electron chi connectivity index (χ0n) is 11.6. The highest BCUT2D eigenvalue weighted by Gasteiger charge is 2.14. The Morgan fingerprint density at radius 3 is 2.71 bits per heavy atom. The fourth-order valence-electron chi connectivity index (χ4n) is 2.38. The van der Waals surface area contributed by atoms with E-state index >= 15 is 0 Å². The van der Waals surface area contributed by atoms with Gasteiger partial charge in [0.05, 0.1) is 18.7 Å². The zero-order chi connectivity index (χ0) is 15.0. The molecule has 1 aromatic carbocycles. The standard InChI is InChI=1S/C15H14BrN3OS/c1-9(10-3-5-12(20-2)6-4-10)19-14-13(18-15(19)21)7-11(16)8-17-14/h3-9H,1-2H3,(H,18,21). The molecular formula is C15H14BrN3OS. The van der Waals surface area contributed by atoms with Crippen LogP contribution in [0.25, 0.3) is 11.2 Å². The Labute approximate surface area is 135 Å². The molecule has 0 fully saturated rings. The van der Waals surface area contributed by atoms with Crippen LogP contribution in [0.2, 0.25) is 0 Å². The van der Waals surface area contributed by atoms with Crippen molar-refractivity contribution in [1.82, 2.24) is 14.5 Å². The minimum Gasteiger partial charge on any atom is -0.497 e. The predicted molar refractivity (Wildman–Crippen MR) is 89.4 cm³/mol. The first-order chi connectivity index (χ1) is 10.1. The topological polar surface area (TPSA) is 42.8 Å². The van der Waals surface area contributed by atoms with Crippen LogP contribution in [0, 0.1) is 4.77 Å². The number of aromatic nitrogens is 3. The number of nitrogens with one attached hydrogen (secondary N) is 1. The van der Waals surface area contributed by atoms with Gasteiger partial charge in [-0.3, -0.25) is 4.57 Å². The third-order valence-electron chi connectivity index (χ3n) is 3.51. The van der Waals surface area contributed by atoms with E-state index in [1.54, 1.807) is 13.3 Å². The number of nitrogens with zero attached hydrogens (tertiary/aromatic N) is 2. The van der Waals surface area contributed by atoms with Gasteiger partial charge in [0.1, 0.15) is 5.75 Å². The summed E-state index contributed by atoms with van der Waals surface area (Å²) < 4.78 is 8.81. The molecule has 2 heterocycles. The van der Waals surface area contributed by atoms with Crippen LogP contribution in [0.3, 0.4) is 0 Å². The third kappa shape index (κ3) is 2.61. The molecule has 108 valence electrons. The van der Waals surface area contributed by atoms with Crippen LogP contribution in [-0.4, -0.2) is 21.6 Å². The lowest BCUT2D eigenvalue weighted by Gasteiger charge is -2.15. The largest absolute Gasteiger partial charge is 0.497 e. The quantitative estimate of drug-likeness (QED) is 0.697. The second kappa shape index (κ2) is 5.61. The van der Waals surface area contributed by atoms with Crippen molar-refractivity contribution < 1.29 is 4.74 Å². The molecule has 0 aliphatic carbocycles. The molecule has 0 amide bonds. The first-order valence-corrected chi connectivity index (χ1v) is 7.70. The Balaban J connectivity index is 2.10.